The fourth-order valence-corrected chi connectivity index (χ4v) is 2.88. The van der Waals surface area contributed by atoms with E-state index in [1.807, 2.05) is 4.90 Å². The maximum atomic E-state index is 11.8. The predicted octanol–water partition coefficient (Wildman–Crippen LogP) is 1.70. The molecule has 2 fully saturated rings. The molecule has 2 heterocycles. The van der Waals surface area contributed by atoms with Crippen LogP contribution >= 0.6 is 11.6 Å². The summed E-state index contributed by atoms with van der Waals surface area (Å²) in [6, 6.07) is 0.627. The molecule has 2 saturated heterocycles. The summed E-state index contributed by atoms with van der Waals surface area (Å²) in [7, 11) is 0. The third kappa shape index (κ3) is 2.89. The van der Waals surface area contributed by atoms with Crippen LogP contribution in [-0.2, 0) is 4.79 Å². The van der Waals surface area contributed by atoms with E-state index in [2.05, 4.69) is 4.90 Å². The lowest BCUT2D eigenvalue weighted by atomic mass is 10.2. The van der Waals surface area contributed by atoms with E-state index in [1.165, 1.54) is 25.9 Å². The Morgan fingerprint density at radius 2 is 2.00 bits per heavy atom. The van der Waals surface area contributed by atoms with E-state index in [1.54, 1.807) is 0 Å². The molecule has 16 heavy (non-hydrogen) atoms. The van der Waals surface area contributed by atoms with Gasteiger partial charge in [-0.2, -0.15) is 0 Å². The van der Waals surface area contributed by atoms with E-state index < -0.39 is 0 Å². The summed E-state index contributed by atoms with van der Waals surface area (Å²) < 4.78 is 0. The minimum atomic E-state index is 0.294. The van der Waals surface area contributed by atoms with Crippen LogP contribution in [0.1, 0.15) is 32.1 Å². The molecule has 1 unspecified atom stereocenters. The van der Waals surface area contributed by atoms with E-state index in [4.69, 9.17) is 11.6 Å². The summed E-state index contributed by atoms with van der Waals surface area (Å²) in [6.07, 6.45) is 5.25. The second kappa shape index (κ2) is 5.87. The molecular formula is C12H21ClN2O. The van der Waals surface area contributed by atoms with Crippen LogP contribution in [0.15, 0.2) is 0 Å². The van der Waals surface area contributed by atoms with Crippen molar-refractivity contribution in [2.24, 2.45) is 0 Å². The number of alkyl halides is 1. The first-order valence-corrected chi connectivity index (χ1v) is 6.92. The van der Waals surface area contributed by atoms with Gasteiger partial charge < -0.3 is 4.90 Å². The number of carbonyl (C=O) groups is 1. The monoisotopic (exact) mass is 244 g/mol. The maximum Gasteiger partial charge on any atom is 0.222 e. The molecule has 2 aliphatic rings. The Morgan fingerprint density at radius 1 is 1.25 bits per heavy atom. The van der Waals surface area contributed by atoms with E-state index in [0.29, 0.717) is 24.2 Å². The molecule has 0 radical (unpaired) electrons. The van der Waals surface area contributed by atoms with Crippen LogP contribution in [0.5, 0.6) is 0 Å². The zero-order valence-corrected chi connectivity index (χ0v) is 10.6. The predicted molar refractivity (Wildman–Crippen MR) is 65.7 cm³/mol. The number of rotatable bonds is 4. The standard InChI is InChI=1S/C12H21ClN2O/c13-6-3-4-12(16)15-9-5-11(10-15)14-7-1-2-8-14/h11H,1-10H2. The molecule has 0 saturated carbocycles. The van der Waals surface area contributed by atoms with Gasteiger partial charge in [-0.25, -0.2) is 0 Å². The topological polar surface area (TPSA) is 23.6 Å². The van der Waals surface area contributed by atoms with Crippen LogP contribution in [-0.4, -0.2) is 53.8 Å². The molecule has 92 valence electrons. The molecule has 1 amide bonds. The minimum Gasteiger partial charge on any atom is -0.341 e. The van der Waals surface area contributed by atoms with Crippen LogP contribution in [0.4, 0.5) is 0 Å². The van der Waals surface area contributed by atoms with Crippen LogP contribution in [0.3, 0.4) is 0 Å². The van der Waals surface area contributed by atoms with Gasteiger partial charge in [-0.3, -0.25) is 9.69 Å². The highest BCUT2D eigenvalue weighted by atomic mass is 35.5. The van der Waals surface area contributed by atoms with E-state index in [0.717, 1.165) is 25.9 Å². The molecule has 3 nitrogen and oxygen atoms in total. The smallest absolute Gasteiger partial charge is 0.222 e. The van der Waals surface area contributed by atoms with E-state index in [-0.39, 0.29) is 0 Å². The van der Waals surface area contributed by atoms with Gasteiger partial charge in [-0.05, 0) is 38.8 Å². The lowest BCUT2D eigenvalue weighted by molar-refractivity contribution is -0.130. The largest absolute Gasteiger partial charge is 0.341 e. The van der Waals surface area contributed by atoms with Gasteiger partial charge in [0.2, 0.25) is 5.91 Å². The summed E-state index contributed by atoms with van der Waals surface area (Å²) in [5, 5.41) is 0. The molecule has 0 aliphatic carbocycles. The molecule has 0 spiro atoms. The second-order valence-corrected chi connectivity index (χ2v) is 5.20. The average molecular weight is 245 g/mol. The van der Waals surface area contributed by atoms with Crippen molar-refractivity contribution in [1.29, 1.82) is 0 Å². The van der Waals surface area contributed by atoms with Crippen molar-refractivity contribution in [3.63, 3.8) is 0 Å². The van der Waals surface area contributed by atoms with Crippen molar-refractivity contribution in [3.8, 4) is 0 Å². The van der Waals surface area contributed by atoms with Crippen molar-refractivity contribution in [3.05, 3.63) is 0 Å². The SMILES string of the molecule is O=C(CCCCl)N1CCC(N2CCCC2)C1. The highest BCUT2D eigenvalue weighted by Crippen LogP contribution is 2.21. The maximum absolute atomic E-state index is 11.8. The lowest BCUT2D eigenvalue weighted by Gasteiger charge is -2.23. The van der Waals surface area contributed by atoms with E-state index >= 15 is 0 Å². The molecular weight excluding hydrogens is 224 g/mol. The van der Waals surface area contributed by atoms with Crippen molar-refractivity contribution < 1.29 is 4.79 Å². The molecule has 0 bridgehead atoms. The highest BCUT2D eigenvalue weighted by molar-refractivity contribution is 6.17. The summed E-state index contributed by atoms with van der Waals surface area (Å²) >= 11 is 5.61. The van der Waals surface area contributed by atoms with Crippen molar-refractivity contribution in [2.75, 3.05) is 32.1 Å². The van der Waals surface area contributed by atoms with Gasteiger partial charge in [-0.1, -0.05) is 0 Å². The number of halogens is 1. The average Bonchev–Trinajstić information content (AvgIpc) is 2.94. The molecule has 0 aromatic carbocycles. The quantitative estimate of drug-likeness (QED) is 0.703. The number of likely N-dealkylation sites (tertiary alicyclic amines) is 2. The first-order valence-electron chi connectivity index (χ1n) is 6.39. The van der Waals surface area contributed by atoms with Crippen LogP contribution in [0, 0.1) is 0 Å². The van der Waals surface area contributed by atoms with Gasteiger partial charge in [0, 0.05) is 31.4 Å². The van der Waals surface area contributed by atoms with Crippen molar-refractivity contribution in [2.45, 2.75) is 38.1 Å². The molecule has 0 aromatic rings. The number of nitrogens with zero attached hydrogens (tertiary/aromatic N) is 2. The summed E-state index contributed by atoms with van der Waals surface area (Å²) in [6.45, 7) is 4.35. The Labute approximate surface area is 103 Å². The van der Waals surface area contributed by atoms with Gasteiger partial charge in [0.05, 0.1) is 0 Å². The number of hydrogen-bond acceptors (Lipinski definition) is 2. The zero-order valence-electron chi connectivity index (χ0n) is 9.83. The molecule has 2 rings (SSSR count). The second-order valence-electron chi connectivity index (χ2n) is 4.82. The number of hydrogen-bond donors (Lipinski definition) is 0. The van der Waals surface area contributed by atoms with Gasteiger partial charge in [0.15, 0.2) is 0 Å². The molecule has 0 aromatic heterocycles. The summed E-state index contributed by atoms with van der Waals surface area (Å²) in [5.74, 6) is 0.886. The minimum absolute atomic E-state index is 0.294. The van der Waals surface area contributed by atoms with Crippen molar-refractivity contribution in [1.82, 2.24) is 9.80 Å². The van der Waals surface area contributed by atoms with Crippen molar-refractivity contribution >= 4 is 17.5 Å². The fourth-order valence-electron chi connectivity index (χ4n) is 2.75. The first kappa shape index (κ1) is 12.2. The lowest BCUT2D eigenvalue weighted by Crippen LogP contribution is -2.37. The first-order chi connectivity index (χ1) is 7.81. The highest BCUT2D eigenvalue weighted by Gasteiger charge is 2.30. The third-order valence-electron chi connectivity index (χ3n) is 3.70. The fraction of sp³-hybridized carbons (Fsp3) is 0.917. The molecule has 4 heteroatoms. The Balaban J connectivity index is 1.76. The molecule has 0 N–H and O–H groups in total. The Bertz CT molecular complexity index is 241. The van der Waals surface area contributed by atoms with Crippen LogP contribution in [0.25, 0.3) is 0 Å². The number of amides is 1. The normalized spacial score (nSPS) is 26.6. The van der Waals surface area contributed by atoms with Gasteiger partial charge in [0.25, 0.3) is 0 Å². The Morgan fingerprint density at radius 3 is 2.69 bits per heavy atom. The van der Waals surface area contributed by atoms with Gasteiger partial charge in [-0.15, -0.1) is 11.6 Å². The Hall–Kier alpha value is -0.280. The van der Waals surface area contributed by atoms with Crippen LogP contribution in [0.2, 0.25) is 0 Å². The zero-order chi connectivity index (χ0) is 11.4. The summed E-state index contributed by atoms with van der Waals surface area (Å²) in [5.41, 5.74) is 0. The number of carbonyl (C=O) groups excluding carboxylic acids is 1. The molecule has 1 atom stereocenters. The third-order valence-corrected chi connectivity index (χ3v) is 3.96. The van der Waals surface area contributed by atoms with E-state index in [9.17, 15) is 4.79 Å². The summed E-state index contributed by atoms with van der Waals surface area (Å²) in [4.78, 5) is 16.4. The Kier molecular flexibility index (Phi) is 4.47. The van der Waals surface area contributed by atoms with Crippen LogP contribution < -0.4 is 0 Å². The van der Waals surface area contributed by atoms with Gasteiger partial charge in [0.1, 0.15) is 0 Å². The van der Waals surface area contributed by atoms with Gasteiger partial charge >= 0.3 is 0 Å². The molecule has 2 aliphatic heterocycles.